The second-order valence-corrected chi connectivity index (χ2v) is 9.36. The lowest BCUT2D eigenvalue weighted by Crippen LogP contribution is -2.47. The Kier molecular flexibility index (Phi) is 8.13. The summed E-state index contributed by atoms with van der Waals surface area (Å²) in [5.41, 5.74) is 7.37. The maximum absolute atomic E-state index is 13.7. The van der Waals surface area contributed by atoms with E-state index in [1.54, 1.807) is 12.1 Å². The van der Waals surface area contributed by atoms with Crippen molar-refractivity contribution in [2.24, 2.45) is 11.8 Å². The van der Waals surface area contributed by atoms with E-state index >= 15 is 0 Å². The number of nitrogen functional groups attached to an aromatic ring is 1. The molecule has 2 aromatic rings. The van der Waals surface area contributed by atoms with Gasteiger partial charge in [0, 0.05) is 24.8 Å². The molecule has 8 nitrogen and oxygen atoms in total. The third-order valence-corrected chi connectivity index (χ3v) is 7.36. The number of piperidine rings is 2. The van der Waals surface area contributed by atoms with Crippen molar-refractivity contribution in [2.45, 2.75) is 31.7 Å². The maximum Gasteiger partial charge on any atom is 0.254 e. The Labute approximate surface area is 207 Å². The Morgan fingerprint density at radius 1 is 0.971 bits per heavy atom. The van der Waals surface area contributed by atoms with Crippen LogP contribution in [0.2, 0.25) is 0 Å². The minimum absolute atomic E-state index is 0.0904. The summed E-state index contributed by atoms with van der Waals surface area (Å²) < 4.78 is 10.6. The van der Waals surface area contributed by atoms with Crippen molar-refractivity contribution in [3.05, 3.63) is 53.6 Å². The van der Waals surface area contributed by atoms with Gasteiger partial charge in [-0.25, -0.2) is 0 Å². The predicted octanol–water partition coefficient (Wildman–Crippen LogP) is 3.00. The van der Waals surface area contributed by atoms with Crippen LogP contribution in [-0.2, 0) is 4.79 Å². The highest BCUT2D eigenvalue weighted by Crippen LogP contribution is 2.33. The van der Waals surface area contributed by atoms with Crippen LogP contribution in [0, 0.1) is 11.8 Å². The van der Waals surface area contributed by atoms with Crippen molar-refractivity contribution in [3.63, 3.8) is 0 Å². The summed E-state index contributed by atoms with van der Waals surface area (Å²) >= 11 is 0. The van der Waals surface area contributed by atoms with E-state index in [9.17, 15) is 9.59 Å². The van der Waals surface area contributed by atoms with Gasteiger partial charge in [-0.15, -0.1) is 0 Å². The van der Waals surface area contributed by atoms with Gasteiger partial charge in [-0.1, -0.05) is 30.3 Å². The molecule has 0 aliphatic carbocycles. The largest absolute Gasteiger partial charge is 0.493 e. The first-order valence-corrected chi connectivity index (χ1v) is 12.4. The SMILES string of the molecule is COc1cc(N)c(C(=O)NC(C(=O)N2CCC(C3CCNCC3)CC2)c2ccccc2)cc1OC. The molecule has 2 aromatic carbocycles. The number of methoxy groups -OCH3 is 2. The number of nitrogens with two attached hydrogens (primary N) is 1. The first-order valence-electron chi connectivity index (χ1n) is 12.4. The zero-order valence-corrected chi connectivity index (χ0v) is 20.6. The first-order chi connectivity index (χ1) is 17.0. The summed E-state index contributed by atoms with van der Waals surface area (Å²) in [6, 6.07) is 11.7. The van der Waals surface area contributed by atoms with Gasteiger partial charge in [-0.2, -0.15) is 0 Å². The maximum atomic E-state index is 13.7. The predicted molar refractivity (Wildman–Crippen MR) is 136 cm³/mol. The monoisotopic (exact) mass is 480 g/mol. The first kappa shape index (κ1) is 24.9. The molecule has 0 aromatic heterocycles. The van der Waals surface area contributed by atoms with E-state index in [0.717, 1.165) is 37.4 Å². The smallest absolute Gasteiger partial charge is 0.254 e. The molecule has 4 N–H and O–H groups in total. The van der Waals surface area contributed by atoms with Gasteiger partial charge in [0.2, 0.25) is 5.91 Å². The lowest BCUT2D eigenvalue weighted by molar-refractivity contribution is -0.135. The zero-order chi connectivity index (χ0) is 24.8. The topological polar surface area (TPSA) is 106 Å². The fourth-order valence-corrected chi connectivity index (χ4v) is 5.32. The quantitative estimate of drug-likeness (QED) is 0.526. The Hall–Kier alpha value is -3.26. The van der Waals surface area contributed by atoms with Gasteiger partial charge in [-0.05, 0) is 62.2 Å². The number of benzene rings is 2. The van der Waals surface area contributed by atoms with Crippen LogP contribution in [0.25, 0.3) is 0 Å². The molecule has 2 amide bonds. The molecule has 2 aliphatic rings. The summed E-state index contributed by atoms with van der Waals surface area (Å²) in [4.78, 5) is 28.9. The standard InChI is InChI=1S/C27H36N4O4/c1-34-23-16-21(22(28)17-24(23)35-2)26(32)30-25(20-6-4-3-5-7-20)27(33)31-14-10-19(11-15-31)18-8-12-29-13-9-18/h3-7,16-19,25,29H,8-15,28H2,1-2H3,(H,30,32). The minimum atomic E-state index is -0.799. The Morgan fingerprint density at radius 3 is 2.20 bits per heavy atom. The van der Waals surface area contributed by atoms with E-state index in [0.29, 0.717) is 30.5 Å². The molecule has 0 bridgehead atoms. The van der Waals surface area contributed by atoms with Gasteiger partial charge in [-0.3, -0.25) is 9.59 Å². The van der Waals surface area contributed by atoms with Crippen molar-refractivity contribution < 1.29 is 19.1 Å². The van der Waals surface area contributed by atoms with Crippen molar-refractivity contribution in [1.29, 1.82) is 0 Å². The highest BCUT2D eigenvalue weighted by molar-refractivity contribution is 6.02. The Morgan fingerprint density at radius 2 is 1.57 bits per heavy atom. The van der Waals surface area contributed by atoms with Crippen LogP contribution < -0.4 is 25.8 Å². The number of nitrogens with one attached hydrogen (secondary N) is 2. The third kappa shape index (κ3) is 5.70. The van der Waals surface area contributed by atoms with E-state index in [1.165, 1.54) is 27.1 Å². The van der Waals surface area contributed by atoms with Gasteiger partial charge in [0.05, 0.1) is 19.8 Å². The molecule has 35 heavy (non-hydrogen) atoms. The molecule has 2 aliphatic heterocycles. The number of hydrogen-bond acceptors (Lipinski definition) is 6. The number of rotatable bonds is 7. The molecule has 2 saturated heterocycles. The Balaban J connectivity index is 1.50. The number of amides is 2. The molecule has 1 atom stereocenters. The van der Waals surface area contributed by atoms with Crippen molar-refractivity contribution >= 4 is 17.5 Å². The molecule has 2 fully saturated rings. The fraction of sp³-hybridized carbons (Fsp3) is 0.481. The summed E-state index contributed by atoms with van der Waals surface area (Å²) in [6.45, 7) is 3.60. The lowest BCUT2D eigenvalue weighted by Gasteiger charge is -2.39. The fourth-order valence-electron chi connectivity index (χ4n) is 5.32. The van der Waals surface area contributed by atoms with Gasteiger partial charge >= 0.3 is 0 Å². The van der Waals surface area contributed by atoms with Gasteiger partial charge in [0.15, 0.2) is 11.5 Å². The zero-order valence-electron chi connectivity index (χ0n) is 20.6. The van der Waals surface area contributed by atoms with E-state index < -0.39 is 11.9 Å². The molecule has 188 valence electrons. The second kappa shape index (κ2) is 11.4. The van der Waals surface area contributed by atoms with Crippen LogP contribution in [0.1, 0.15) is 47.6 Å². The molecule has 0 saturated carbocycles. The molecule has 8 heteroatoms. The normalized spacial score (nSPS) is 18.1. The van der Waals surface area contributed by atoms with E-state index in [-0.39, 0.29) is 17.2 Å². The summed E-state index contributed by atoms with van der Waals surface area (Å²) in [5.74, 6) is 1.72. The van der Waals surface area contributed by atoms with Crippen LogP contribution in [0.4, 0.5) is 5.69 Å². The van der Waals surface area contributed by atoms with Crippen LogP contribution in [0.15, 0.2) is 42.5 Å². The number of carbonyl (C=O) groups excluding carboxylic acids is 2. The molecule has 1 unspecified atom stereocenters. The van der Waals surface area contributed by atoms with Crippen LogP contribution in [-0.4, -0.2) is 57.1 Å². The number of carbonyl (C=O) groups is 2. The second-order valence-electron chi connectivity index (χ2n) is 9.36. The minimum Gasteiger partial charge on any atom is -0.493 e. The summed E-state index contributed by atoms with van der Waals surface area (Å²) in [5, 5.41) is 6.37. The van der Waals surface area contributed by atoms with Crippen LogP contribution >= 0.6 is 0 Å². The van der Waals surface area contributed by atoms with Crippen molar-refractivity contribution in [1.82, 2.24) is 15.5 Å². The summed E-state index contributed by atoms with van der Waals surface area (Å²) in [6.07, 6.45) is 4.45. The average Bonchev–Trinajstić information content (AvgIpc) is 2.92. The lowest BCUT2D eigenvalue weighted by atomic mass is 9.79. The number of ether oxygens (including phenoxy) is 2. The molecule has 4 rings (SSSR count). The molecular weight excluding hydrogens is 444 g/mol. The van der Waals surface area contributed by atoms with E-state index in [2.05, 4.69) is 10.6 Å². The average molecular weight is 481 g/mol. The van der Waals surface area contributed by atoms with E-state index in [1.807, 2.05) is 35.2 Å². The molecule has 0 radical (unpaired) electrons. The number of hydrogen-bond donors (Lipinski definition) is 3. The van der Waals surface area contributed by atoms with Gasteiger partial charge in [0.25, 0.3) is 5.91 Å². The number of anilines is 1. The van der Waals surface area contributed by atoms with Crippen molar-refractivity contribution in [2.75, 3.05) is 46.1 Å². The molecular formula is C27H36N4O4. The van der Waals surface area contributed by atoms with E-state index in [4.69, 9.17) is 15.2 Å². The summed E-state index contributed by atoms with van der Waals surface area (Å²) in [7, 11) is 3.01. The van der Waals surface area contributed by atoms with Crippen LogP contribution in [0.5, 0.6) is 11.5 Å². The highest BCUT2D eigenvalue weighted by Gasteiger charge is 2.33. The van der Waals surface area contributed by atoms with Crippen molar-refractivity contribution in [3.8, 4) is 11.5 Å². The number of nitrogens with zero attached hydrogens (tertiary/aromatic N) is 1. The Bertz CT molecular complexity index is 1020. The molecule has 0 spiro atoms. The number of likely N-dealkylation sites (tertiary alicyclic amines) is 1. The van der Waals surface area contributed by atoms with Crippen LogP contribution in [0.3, 0.4) is 0 Å². The highest BCUT2D eigenvalue weighted by atomic mass is 16.5. The van der Waals surface area contributed by atoms with Gasteiger partial charge in [0.1, 0.15) is 6.04 Å². The third-order valence-electron chi connectivity index (χ3n) is 7.36. The van der Waals surface area contributed by atoms with Gasteiger partial charge < -0.3 is 30.7 Å². The molecule has 2 heterocycles.